The van der Waals surface area contributed by atoms with E-state index in [1.807, 2.05) is 6.92 Å². The van der Waals surface area contributed by atoms with Crippen molar-refractivity contribution in [3.63, 3.8) is 0 Å². The summed E-state index contributed by atoms with van der Waals surface area (Å²) in [5, 5.41) is 7.52. The molecule has 2 fully saturated rings. The van der Waals surface area contributed by atoms with Gasteiger partial charge in [-0.2, -0.15) is 0 Å². The van der Waals surface area contributed by atoms with Crippen molar-refractivity contribution in [1.82, 2.24) is 10.6 Å². The Morgan fingerprint density at radius 3 is 2.81 bits per heavy atom. The first-order valence-electron chi connectivity index (χ1n) is 12.4. The van der Waals surface area contributed by atoms with Crippen LogP contribution in [0.2, 0.25) is 0 Å². The fourth-order valence-electron chi connectivity index (χ4n) is 6.63. The van der Waals surface area contributed by atoms with E-state index in [2.05, 4.69) is 41.2 Å². The molecule has 0 saturated carbocycles. The molecule has 2 spiro atoms. The molecule has 7 nitrogen and oxygen atoms in total. The van der Waals surface area contributed by atoms with E-state index in [1.54, 1.807) is 0 Å². The lowest BCUT2D eigenvalue weighted by atomic mass is 9.80. The van der Waals surface area contributed by atoms with Gasteiger partial charge in [0.1, 0.15) is 0 Å². The van der Waals surface area contributed by atoms with Gasteiger partial charge in [-0.05, 0) is 52.4 Å². The second-order valence-electron chi connectivity index (χ2n) is 9.97. The van der Waals surface area contributed by atoms with E-state index in [-0.39, 0.29) is 43.3 Å². The Morgan fingerprint density at radius 1 is 1.22 bits per heavy atom. The van der Waals surface area contributed by atoms with Gasteiger partial charge < -0.3 is 14.2 Å². The molecule has 0 unspecified atom stereocenters. The first-order valence-corrected chi connectivity index (χ1v) is 12.4. The Hall–Kier alpha value is -1.60. The second-order valence-corrected chi connectivity index (χ2v) is 9.97. The smallest absolute Gasteiger partial charge is 0.350 e. The molecule has 0 aromatic rings. The van der Waals surface area contributed by atoms with Gasteiger partial charge in [-0.25, -0.2) is 10.6 Å². The predicted molar refractivity (Wildman–Crippen MR) is 123 cm³/mol. The maximum absolute atomic E-state index is 13.2. The van der Waals surface area contributed by atoms with Crippen LogP contribution in [0, 0.1) is 5.92 Å². The first-order chi connectivity index (χ1) is 15.0. The van der Waals surface area contributed by atoms with Gasteiger partial charge in [-0.15, -0.1) is 0 Å². The van der Waals surface area contributed by atoms with Gasteiger partial charge in [0.15, 0.2) is 11.6 Å². The number of guanidine groups is 1. The summed E-state index contributed by atoms with van der Waals surface area (Å²) < 4.78 is 21.3. The zero-order valence-electron chi connectivity index (χ0n) is 19.2. The molecule has 0 aromatic carbocycles. The monoisotopic (exact) mass is 448 g/mol. The van der Waals surface area contributed by atoms with Crippen LogP contribution in [-0.2, 0) is 19.0 Å². The number of nitrogens with one attached hydrogen (secondary N) is 2. The fraction of sp³-hybridized carbons (Fsp3) is 0.840. The highest BCUT2D eigenvalue weighted by Crippen LogP contribution is 2.45. The maximum atomic E-state index is 13.2. The van der Waals surface area contributed by atoms with Crippen LogP contribution in [0.1, 0.15) is 86.0 Å². The Balaban J connectivity index is 0.00000245. The van der Waals surface area contributed by atoms with E-state index >= 15 is 0 Å². The normalized spacial score (nSPS) is 42.5. The van der Waals surface area contributed by atoms with Crippen molar-refractivity contribution < 1.29 is 23.6 Å². The van der Waals surface area contributed by atoms with Crippen LogP contribution in [0.15, 0.2) is 12.2 Å². The van der Waals surface area contributed by atoms with Gasteiger partial charge in [0.2, 0.25) is 5.72 Å². The van der Waals surface area contributed by atoms with E-state index in [0.29, 0.717) is 12.6 Å². The Labute approximate surface area is 192 Å². The van der Waals surface area contributed by atoms with Crippen LogP contribution in [0.4, 0.5) is 0 Å². The summed E-state index contributed by atoms with van der Waals surface area (Å²) in [5.41, 5.74) is -1.09. The van der Waals surface area contributed by atoms with E-state index in [1.165, 1.54) is 0 Å². The summed E-state index contributed by atoms with van der Waals surface area (Å²) in [4.78, 5) is 13.2. The molecule has 5 aliphatic rings. The van der Waals surface area contributed by atoms with E-state index < -0.39 is 5.72 Å². The van der Waals surface area contributed by atoms with Crippen LogP contribution in [-0.4, -0.2) is 58.9 Å². The van der Waals surface area contributed by atoms with Gasteiger partial charge in [-0.3, -0.25) is 9.37 Å². The highest BCUT2D eigenvalue weighted by Gasteiger charge is 2.64. The SMILES string of the molecule is C.CCOC(=O)[C@H]1[C@H]2CC[C@H]3C[C@@]4(CCC=C[C@H](CC)O4)NC(=[N+]32)N[C@@]12CCC[C@@H](C)O2. The molecule has 180 valence electrons. The minimum Gasteiger partial charge on any atom is -0.465 e. The Morgan fingerprint density at radius 2 is 2.06 bits per heavy atom. The van der Waals surface area contributed by atoms with Gasteiger partial charge in [0.05, 0.1) is 30.9 Å². The molecule has 0 aromatic heterocycles. The molecule has 2 saturated heterocycles. The highest BCUT2D eigenvalue weighted by atomic mass is 16.6. The lowest BCUT2D eigenvalue weighted by Gasteiger charge is -2.50. The Kier molecular flexibility index (Phi) is 6.61. The first kappa shape index (κ1) is 23.6. The van der Waals surface area contributed by atoms with Crippen molar-refractivity contribution >= 4 is 11.9 Å². The molecular weight excluding hydrogens is 406 g/mol. The average molecular weight is 449 g/mol. The molecule has 5 heterocycles. The van der Waals surface area contributed by atoms with Gasteiger partial charge in [-0.1, -0.05) is 26.5 Å². The van der Waals surface area contributed by atoms with E-state index in [9.17, 15) is 4.79 Å². The van der Waals surface area contributed by atoms with E-state index in [4.69, 9.17) is 14.2 Å². The quantitative estimate of drug-likeness (QED) is 0.392. The zero-order valence-corrected chi connectivity index (χ0v) is 19.2. The molecule has 7 atom stereocenters. The number of hydrogen-bond donors (Lipinski definition) is 2. The largest absolute Gasteiger partial charge is 0.465 e. The third-order valence-corrected chi connectivity index (χ3v) is 7.89. The predicted octanol–water partition coefficient (Wildman–Crippen LogP) is 3.42. The Bertz CT molecular complexity index is 783. The van der Waals surface area contributed by atoms with Gasteiger partial charge in [0, 0.05) is 19.3 Å². The molecule has 0 radical (unpaired) electrons. The summed E-state index contributed by atoms with van der Waals surface area (Å²) >= 11 is 0. The lowest BCUT2D eigenvalue weighted by Crippen LogP contribution is -2.76. The van der Waals surface area contributed by atoms with Crippen molar-refractivity contribution in [2.24, 2.45) is 5.92 Å². The molecule has 2 N–H and O–H groups in total. The average Bonchev–Trinajstić information content (AvgIpc) is 3.03. The molecular formula is C25H42N3O4+. The van der Waals surface area contributed by atoms with Crippen molar-refractivity contribution in [2.75, 3.05) is 6.61 Å². The third kappa shape index (κ3) is 3.85. The number of ether oxygens (including phenoxy) is 3. The fourth-order valence-corrected chi connectivity index (χ4v) is 6.63. The number of hydrogen-bond acceptors (Lipinski definition) is 6. The van der Waals surface area contributed by atoms with Crippen molar-refractivity contribution in [3.05, 3.63) is 12.2 Å². The van der Waals surface area contributed by atoms with Crippen molar-refractivity contribution in [1.29, 1.82) is 0 Å². The molecule has 7 heteroatoms. The summed E-state index contributed by atoms with van der Waals surface area (Å²) in [5.74, 6) is 0.542. The number of rotatable bonds is 3. The maximum Gasteiger partial charge on any atom is 0.350 e. The van der Waals surface area contributed by atoms with Crippen LogP contribution >= 0.6 is 0 Å². The van der Waals surface area contributed by atoms with Crippen molar-refractivity contribution in [3.8, 4) is 0 Å². The van der Waals surface area contributed by atoms with Crippen LogP contribution in [0.5, 0.6) is 0 Å². The molecule has 0 bridgehead atoms. The minimum absolute atomic E-state index is 0. The third-order valence-electron chi connectivity index (χ3n) is 7.89. The molecule has 0 aliphatic carbocycles. The second kappa shape index (κ2) is 8.98. The topological polar surface area (TPSA) is 71.8 Å². The lowest BCUT2D eigenvalue weighted by molar-refractivity contribution is -0.609. The van der Waals surface area contributed by atoms with Gasteiger partial charge >= 0.3 is 11.9 Å². The number of allylic oxidation sites excluding steroid dienone is 1. The summed E-state index contributed by atoms with van der Waals surface area (Å²) in [6.07, 6.45) is 13.5. The van der Waals surface area contributed by atoms with Gasteiger partial charge in [0.25, 0.3) is 0 Å². The molecule has 32 heavy (non-hydrogen) atoms. The molecule has 5 aliphatic heterocycles. The number of esters is 1. The number of carbonyl (C=O) groups excluding carboxylic acids is 1. The summed E-state index contributed by atoms with van der Waals surface area (Å²) in [6.45, 7) is 6.57. The van der Waals surface area contributed by atoms with Crippen LogP contribution < -0.4 is 10.6 Å². The summed E-state index contributed by atoms with van der Waals surface area (Å²) in [6, 6.07) is 0.459. The van der Waals surface area contributed by atoms with E-state index in [0.717, 1.165) is 63.7 Å². The van der Waals surface area contributed by atoms with Crippen LogP contribution in [0.25, 0.3) is 0 Å². The number of nitrogens with zero attached hydrogens (tertiary/aromatic N) is 1. The minimum atomic E-state index is -0.714. The molecule has 5 rings (SSSR count). The number of carbonyl (C=O) groups is 1. The zero-order chi connectivity index (χ0) is 21.6. The standard InChI is InChI=1S/C24H37N3O4.CH4/c1-4-18-10-6-7-13-23(31-18)15-17-11-12-19-20(21(28)29-5-2)24(14-8-9-16(3)30-24)26-22(25-23)27(17)19;/h6,10,16-20H,4-5,7-9,11-15H2,1-3H3,(H,25,26);1H4/p+1/t16-,17+,18+,19-,20-,23+,24-;/m1./s1. The van der Waals surface area contributed by atoms with Crippen molar-refractivity contribution in [2.45, 2.75) is 122 Å². The highest BCUT2D eigenvalue weighted by molar-refractivity contribution is 5.82. The summed E-state index contributed by atoms with van der Waals surface area (Å²) in [7, 11) is 0. The van der Waals surface area contributed by atoms with Crippen LogP contribution in [0.3, 0.4) is 0 Å². The molecule has 0 amide bonds.